The molecule has 1 aromatic carbocycles. The van der Waals surface area contributed by atoms with Crippen molar-refractivity contribution in [2.24, 2.45) is 0 Å². The average Bonchev–Trinajstić information content (AvgIpc) is 2.53. The molecule has 138 valence electrons. The van der Waals surface area contributed by atoms with E-state index in [-0.39, 0.29) is 23.1 Å². The van der Waals surface area contributed by atoms with Gasteiger partial charge in [0.2, 0.25) is 0 Å². The van der Waals surface area contributed by atoms with Gasteiger partial charge >= 0.3 is 18.0 Å². The summed E-state index contributed by atoms with van der Waals surface area (Å²) in [5, 5.41) is 23.1. The van der Waals surface area contributed by atoms with Crippen LogP contribution in [0.3, 0.4) is 0 Å². The number of carboxylic acids is 1. The van der Waals surface area contributed by atoms with Crippen LogP contribution >= 0.6 is 0 Å². The highest BCUT2D eigenvalue weighted by Crippen LogP contribution is 2.30. The Morgan fingerprint density at radius 1 is 1.28 bits per heavy atom. The van der Waals surface area contributed by atoms with E-state index in [4.69, 9.17) is 14.6 Å². The topological polar surface area (TPSA) is 134 Å². The molecule has 1 aromatic rings. The second-order valence-corrected chi connectivity index (χ2v) is 5.73. The molecule has 9 nitrogen and oxygen atoms in total. The molecule has 0 heterocycles. The molecule has 0 saturated heterocycles. The van der Waals surface area contributed by atoms with Crippen molar-refractivity contribution >= 4 is 23.7 Å². The molecule has 9 heteroatoms. The molecule has 1 unspecified atom stereocenters. The van der Waals surface area contributed by atoms with Gasteiger partial charge in [0, 0.05) is 0 Å². The summed E-state index contributed by atoms with van der Waals surface area (Å²) in [7, 11) is 1.22. The number of ether oxygens (including phenoxy) is 2. The molecule has 1 rings (SSSR count). The summed E-state index contributed by atoms with van der Waals surface area (Å²) in [5.74, 6) is -1.97. The zero-order valence-corrected chi connectivity index (χ0v) is 14.5. The third kappa shape index (κ3) is 5.64. The molecule has 4 N–H and O–H groups in total. The summed E-state index contributed by atoms with van der Waals surface area (Å²) in [5.41, 5.74) is -1.78. The maximum Gasteiger partial charge on any atom is 0.341 e. The van der Waals surface area contributed by atoms with Crippen LogP contribution in [0.1, 0.15) is 31.1 Å². The summed E-state index contributed by atoms with van der Waals surface area (Å²) in [6.07, 6.45) is -0.276. The molecule has 1 atom stereocenters. The monoisotopic (exact) mass is 354 g/mol. The van der Waals surface area contributed by atoms with Gasteiger partial charge < -0.3 is 30.3 Å². The third-order valence-electron chi connectivity index (χ3n) is 3.08. The van der Waals surface area contributed by atoms with Gasteiger partial charge in [-0.25, -0.2) is 14.4 Å². The molecule has 0 bridgehead atoms. The molecule has 0 spiro atoms. The first-order valence-electron chi connectivity index (χ1n) is 7.47. The van der Waals surface area contributed by atoms with Crippen molar-refractivity contribution in [2.45, 2.75) is 32.5 Å². The van der Waals surface area contributed by atoms with Crippen molar-refractivity contribution in [3.8, 4) is 5.75 Å². The van der Waals surface area contributed by atoms with Gasteiger partial charge in [-0.1, -0.05) is 6.07 Å². The van der Waals surface area contributed by atoms with Gasteiger partial charge in [-0.05, 0) is 32.9 Å². The molecule has 0 aliphatic carbocycles. The molecule has 0 aliphatic rings. The summed E-state index contributed by atoms with van der Waals surface area (Å²) >= 11 is 0. The summed E-state index contributed by atoms with van der Waals surface area (Å²) in [6.45, 7) is 4.05. The normalized spacial score (nSPS) is 12.9. The summed E-state index contributed by atoms with van der Waals surface area (Å²) in [6, 6.07) is 3.76. The number of carbonyl (C=O) groups excluding carboxylic acids is 2. The Labute approximate surface area is 144 Å². The van der Waals surface area contributed by atoms with Crippen molar-refractivity contribution in [3.05, 3.63) is 23.8 Å². The number of aliphatic hydroxyl groups is 1. The fraction of sp³-hybridized carbons (Fsp3) is 0.438. The fourth-order valence-corrected chi connectivity index (χ4v) is 1.76. The molecule has 2 amide bonds. The Morgan fingerprint density at radius 2 is 1.92 bits per heavy atom. The number of aliphatic carboxylic acids is 1. The first-order chi connectivity index (χ1) is 11.6. The van der Waals surface area contributed by atoms with Crippen LogP contribution in [-0.2, 0) is 9.53 Å². The largest absolute Gasteiger partial charge is 0.488 e. The van der Waals surface area contributed by atoms with Crippen LogP contribution in [0.15, 0.2) is 18.2 Å². The van der Waals surface area contributed by atoms with Crippen molar-refractivity contribution in [1.29, 1.82) is 0 Å². The molecular weight excluding hydrogens is 332 g/mol. The Hall–Kier alpha value is -2.81. The van der Waals surface area contributed by atoms with E-state index >= 15 is 0 Å². The molecule has 0 aromatic heterocycles. The van der Waals surface area contributed by atoms with E-state index in [1.165, 1.54) is 25.3 Å². The quantitative estimate of drug-likeness (QED) is 0.541. The standard InChI is InChI=1S/C16H22N2O7/c1-9(2)25-12-10(13(19)24-4)6-5-7-11(12)18-15(22)17-8-16(3,23)14(20)21/h5-7,9,23H,8H2,1-4H3,(H,20,21)(H2,17,18,22). The van der Waals surface area contributed by atoms with Crippen LogP contribution in [0.5, 0.6) is 5.75 Å². The Morgan fingerprint density at radius 3 is 2.44 bits per heavy atom. The van der Waals surface area contributed by atoms with Crippen LogP contribution in [0, 0.1) is 0 Å². The number of para-hydroxylation sites is 1. The van der Waals surface area contributed by atoms with E-state index in [0.29, 0.717) is 0 Å². The molecular formula is C16H22N2O7. The lowest BCUT2D eigenvalue weighted by atomic mass is 10.1. The van der Waals surface area contributed by atoms with Crippen LogP contribution in [0.2, 0.25) is 0 Å². The number of hydrogen-bond donors (Lipinski definition) is 4. The van der Waals surface area contributed by atoms with E-state index < -0.39 is 30.1 Å². The number of hydrogen-bond acceptors (Lipinski definition) is 6. The number of rotatable bonds is 7. The highest BCUT2D eigenvalue weighted by atomic mass is 16.5. The molecule has 0 saturated carbocycles. The fourth-order valence-electron chi connectivity index (χ4n) is 1.76. The van der Waals surface area contributed by atoms with Crippen LogP contribution in [0.4, 0.5) is 10.5 Å². The number of anilines is 1. The number of nitrogens with one attached hydrogen (secondary N) is 2. The van der Waals surface area contributed by atoms with E-state index in [1.54, 1.807) is 13.8 Å². The molecule has 0 aliphatic heterocycles. The van der Waals surface area contributed by atoms with Crippen molar-refractivity contribution in [2.75, 3.05) is 19.0 Å². The number of methoxy groups -OCH3 is 1. The van der Waals surface area contributed by atoms with E-state index in [2.05, 4.69) is 10.6 Å². The first kappa shape index (κ1) is 20.2. The van der Waals surface area contributed by atoms with E-state index in [1.807, 2.05) is 0 Å². The maximum absolute atomic E-state index is 12.0. The minimum atomic E-state index is -2.11. The van der Waals surface area contributed by atoms with Crippen molar-refractivity contribution in [1.82, 2.24) is 5.32 Å². The lowest BCUT2D eigenvalue weighted by molar-refractivity contribution is -0.155. The first-order valence-corrected chi connectivity index (χ1v) is 7.47. The van der Waals surface area contributed by atoms with Gasteiger partial charge in [-0.3, -0.25) is 0 Å². The van der Waals surface area contributed by atoms with Gasteiger partial charge in [0.05, 0.1) is 25.4 Å². The highest BCUT2D eigenvalue weighted by molar-refractivity contribution is 5.98. The number of amides is 2. The lowest BCUT2D eigenvalue weighted by Gasteiger charge is -2.20. The second kappa shape index (κ2) is 8.34. The van der Waals surface area contributed by atoms with Gasteiger partial charge in [0.25, 0.3) is 0 Å². The second-order valence-electron chi connectivity index (χ2n) is 5.73. The number of esters is 1. The zero-order valence-electron chi connectivity index (χ0n) is 14.5. The number of benzene rings is 1. The Kier molecular flexibility index (Phi) is 6.75. The average molecular weight is 354 g/mol. The predicted octanol–water partition coefficient (Wildman–Crippen LogP) is 1.22. The molecule has 0 radical (unpaired) electrons. The minimum absolute atomic E-state index is 0.129. The zero-order chi connectivity index (χ0) is 19.2. The maximum atomic E-state index is 12.0. The van der Waals surface area contributed by atoms with Crippen LogP contribution in [-0.4, -0.2) is 53.5 Å². The van der Waals surface area contributed by atoms with Crippen LogP contribution in [0.25, 0.3) is 0 Å². The predicted molar refractivity (Wildman–Crippen MR) is 88.8 cm³/mol. The number of carboxylic acid groups (broad SMARTS) is 1. The number of urea groups is 1. The molecule has 0 fully saturated rings. The Bertz CT molecular complexity index is 656. The van der Waals surface area contributed by atoms with Gasteiger partial charge in [0.15, 0.2) is 11.4 Å². The minimum Gasteiger partial charge on any atom is -0.488 e. The van der Waals surface area contributed by atoms with Crippen molar-refractivity contribution in [3.63, 3.8) is 0 Å². The lowest BCUT2D eigenvalue weighted by Crippen LogP contribution is -2.47. The smallest absolute Gasteiger partial charge is 0.341 e. The summed E-state index contributed by atoms with van der Waals surface area (Å²) < 4.78 is 10.3. The van der Waals surface area contributed by atoms with Crippen LogP contribution < -0.4 is 15.4 Å². The summed E-state index contributed by atoms with van der Waals surface area (Å²) in [4.78, 5) is 34.7. The van der Waals surface area contributed by atoms with Gasteiger partial charge in [-0.15, -0.1) is 0 Å². The SMILES string of the molecule is COC(=O)c1cccc(NC(=O)NCC(C)(O)C(=O)O)c1OC(C)C. The van der Waals surface area contributed by atoms with Gasteiger partial charge in [0.1, 0.15) is 5.56 Å². The van der Waals surface area contributed by atoms with E-state index in [9.17, 15) is 19.5 Å². The van der Waals surface area contributed by atoms with Crippen molar-refractivity contribution < 1.29 is 34.1 Å². The number of carbonyl (C=O) groups is 3. The van der Waals surface area contributed by atoms with E-state index in [0.717, 1.165) is 6.92 Å². The molecule has 25 heavy (non-hydrogen) atoms. The highest BCUT2D eigenvalue weighted by Gasteiger charge is 2.30. The van der Waals surface area contributed by atoms with Gasteiger partial charge in [-0.2, -0.15) is 0 Å². The Balaban J connectivity index is 2.98. The third-order valence-corrected chi connectivity index (χ3v) is 3.08.